The normalized spacial score (nSPS) is 40.7. The van der Waals surface area contributed by atoms with E-state index in [0.717, 1.165) is 76.9 Å². The Bertz CT molecular complexity index is 856. The molecule has 3 fully saturated rings. The fourth-order valence-electron chi connectivity index (χ4n) is 8.16. The van der Waals surface area contributed by atoms with Gasteiger partial charge in [-0.1, -0.05) is 31.6 Å². The lowest BCUT2D eigenvalue weighted by Crippen LogP contribution is -2.50. The number of esters is 1. The Morgan fingerprint density at radius 1 is 1.06 bits per heavy atom. The molecule has 5 rings (SSSR count). The first kappa shape index (κ1) is 23.3. The molecule has 5 aliphatic rings. The van der Waals surface area contributed by atoms with Crippen molar-refractivity contribution in [3.63, 3.8) is 0 Å². The van der Waals surface area contributed by atoms with Crippen molar-refractivity contribution in [3.05, 3.63) is 23.3 Å². The molecule has 0 spiro atoms. The van der Waals surface area contributed by atoms with E-state index in [1.54, 1.807) is 6.92 Å². The summed E-state index contributed by atoms with van der Waals surface area (Å²) in [6, 6.07) is 0. The van der Waals surface area contributed by atoms with Crippen LogP contribution < -0.4 is 0 Å². The minimum Gasteiger partial charge on any atom is -0.462 e. The van der Waals surface area contributed by atoms with Crippen LogP contribution in [0.1, 0.15) is 72.1 Å². The molecular weight excluding hydrogens is 414 g/mol. The van der Waals surface area contributed by atoms with E-state index in [1.165, 1.54) is 12.0 Å². The van der Waals surface area contributed by atoms with Crippen LogP contribution in [0.15, 0.2) is 23.3 Å². The molecule has 0 aromatic rings. The first-order chi connectivity index (χ1) is 15.8. The largest absolute Gasteiger partial charge is 0.462 e. The Morgan fingerprint density at radius 3 is 2.58 bits per heavy atom. The highest BCUT2D eigenvalue weighted by Gasteiger charge is 2.57. The third-order valence-corrected chi connectivity index (χ3v) is 10.1. The molecule has 0 bridgehead atoms. The molecule has 182 valence electrons. The molecule has 0 amide bonds. The predicted octanol–water partition coefficient (Wildman–Crippen LogP) is 4.71. The smallest absolute Gasteiger partial charge is 0.307 e. The molecule has 0 N–H and O–H groups in total. The van der Waals surface area contributed by atoms with Gasteiger partial charge in [0.1, 0.15) is 6.10 Å². The Labute approximate surface area is 198 Å². The average molecular weight is 456 g/mol. The second kappa shape index (κ2) is 8.96. The highest BCUT2D eigenvalue weighted by atomic mass is 16.5. The second-order valence-electron chi connectivity index (χ2n) is 11.7. The number of carbonyl (C=O) groups is 2. The van der Waals surface area contributed by atoms with Crippen molar-refractivity contribution in [2.24, 2.45) is 28.6 Å². The number of ether oxygens (including phenoxy) is 2. The predicted molar refractivity (Wildman–Crippen MR) is 128 cm³/mol. The fourth-order valence-corrected chi connectivity index (χ4v) is 8.16. The summed E-state index contributed by atoms with van der Waals surface area (Å²) >= 11 is 0. The molecule has 5 nitrogen and oxygen atoms in total. The van der Waals surface area contributed by atoms with E-state index < -0.39 is 0 Å². The number of hydrogen-bond donors (Lipinski definition) is 0. The number of Topliss-reactive ketones (excluding diaryl/α,β-unsaturated/α-hetero) is 1. The summed E-state index contributed by atoms with van der Waals surface area (Å²) in [5.41, 5.74) is 2.92. The SMILES string of the molecule is CC(=O)C1=CC[C@H]2[C@@H]3CC=C4C[C@@H](OC(=O)CCN5CCOCC5)CC[C@]4(C)[C@H]3CC[C@]12C. The van der Waals surface area contributed by atoms with Crippen molar-refractivity contribution in [3.8, 4) is 0 Å². The van der Waals surface area contributed by atoms with Gasteiger partial charge in [0.2, 0.25) is 0 Å². The monoisotopic (exact) mass is 455 g/mol. The maximum absolute atomic E-state index is 12.5. The highest BCUT2D eigenvalue weighted by molar-refractivity contribution is 5.95. The summed E-state index contributed by atoms with van der Waals surface area (Å²) in [6.07, 6.45) is 12.8. The number of hydrogen-bond acceptors (Lipinski definition) is 5. The summed E-state index contributed by atoms with van der Waals surface area (Å²) < 4.78 is 11.3. The van der Waals surface area contributed by atoms with Crippen LogP contribution in [0.4, 0.5) is 0 Å². The van der Waals surface area contributed by atoms with Crippen molar-refractivity contribution in [1.82, 2.24) is 4.90 Å². The lowest BCUT2D eigenvalue weighted by molar-refractivity contribution is -0.152. The number of nitrogens with zero attached hydrogens (tertiary/aromatic N) is 1. The van der Waals surface area contributed by atoms with Crippen LogP contribution >= 0.6 is 0 Å². The first-order valence-electron chi connectivity index (χ1n) is 13.2. The topological polar surface area (TPSA) is 55.8 Å². The maximum atomic E-state index is 12.5. The van der Waals surface area contributed by atoms with Crippen molar-refractivity contribution in [2.75, 3.05) is 32.8 Å². The van der Waals surface area contributed by atoms with E-state index in [-0.39, 0.29) is 28.7 Å². The molecule has 1 aliphatic heterocycles. The van der Waals surface area contributed by atoms with E-state index in [0.29, 0.717) is 24.2 Å². The van der Waals surface area contributed by atoms with E-state index in [2.05, 4.69) is 30.9 Å². The van der Waals surface area contributed by atoms with Gasteiger partial charge in [-0.15, -0.1) is 0 Å². The quantitative estimate of drug-likeness (QED) is 0.444. The number of allylic oxidation sites excluding steroid dienone is 3. The van der Waals surface area contributed by atoms with Gasteiger partial charge in [0.05, 0.1) is 19.6 Å². The van der Waals surface area contributed by atoms with E-state index in [1.807, 2.05) is 0 Å². The molecule has 0 aromatic carbocycles. The Morgan fingerprint density at radius 2 is 1.82 bits per heavy atom. The molecule has 1 heterocycles. The molecule has 5 heteroatoms. The minimum absolute atomic E-state index is 0.0318. The first-order valence-corrected chi connectivity index (χ1v) is 13.2. The number of carbonyl (C=O) groups excluding carboxylic acids is 2. The minimum atomic E-state index is -0.0494. The van der Waals surface area contributed by atoms with Crippen molar-refractivity contribution in [2.45, 2.75) is 78.2 Å². The molecule has 6 atom stereocenters. The molecule has 0 aromatic heterocycles. The summed E-state index contributed by atoms with van der Waals surface area (Å²) in [5, 5.41) is 0. The summed E-state index contributed by atoms with van der Waals surface area (Å²) in [4.78, 5) is 27.1. The molecule has 33 heavy (non-hydrogen) atoms. The van der Waals surface area contributed by atoms with Crippen LogP contribution in [0, 0.1) is 28.6 Å². The van der Waals surface area contributed by atoms with Gasteiger partial charge in [0.15, 0.2) is 5.78 Å². The van der Waals surface area contributed by atoms with Gasteiger partial charge in [-0.3, -0.25) is 14.5 Å². The van der Waals surface area contributed by atoms with E-state index >= 15 is 0 Å². The fraction of sp³-hybridized carbons (Fsp3) is 0.786. The number of rotatable bonds is 5. The zero-order valence-electron chi connectivity index (χ0n) is 20.7. The Hall–Kier alpha value is -1.46. The Kier molecular flexibility index (Phi) is 6.32. The van der Waals surface area contributed by atoms with Gasteiger partial charge >= 0.3 is 5.97 Å². The number of ketones is 1. The summed E-state index contributed by atoms with van der Waals surface area (Å²) in [7, 11) is 0. The van der Waals surface area contributed by atoms with Gasteiger partial charge in [0, 0.05) is 26.1 Å². The third-order valence-electron chi connectivity index (χ3n) is 10.1. The van der Waals surface area contributed by atoms with E-state index in [9.17, 15) is 9.59 Å². The van der Waals surface area contributed by atoms with E-state index in [4.69, 9.17) is 9.47 Å². The van der Waals surface area contributed by atoms with Crippen LogP contribution in [0.2, 0.25) is 0 Å². The van der Waals surface area contributed by atoms with Gasteiger partial charge in [-0.2, -0.15) is 0 Å². The van der Waals surface area contributed by atoms with Gasteiger partial charge in [-0.05, 0) is 79.6 Å². The van der Waals surface area contributed by atoms with Gasteiger partial charge in [-0.25, -0.2) is 0 Å². The zero-order valence-corrected chi connectivity index (χ0v) is 20.7. The van der Waals surface area contributed by atoms with Crippen LogP contribution in [-0.2, 0) is 19.1 Å². The highest BCUT2D eigenvalue weighted by Crippen LogP contribution is 2.65. The van der Waals surface area contributed by atoms with Crippen molar-refractivity contribution < 1.29 is 19.1 Å². The Balaban J connectivity index is 1.21. The number of fused-ring (bicyclic) bond motifs is 5. The standard InChI is InChI=1S/C28H41NO4/c1-19(30)23-6-7-24-22-5-4-20-18-21(33-26(31)10-13-29-14-16-32-17-15-29)8-11-27(20,2)25(22)9-12-28(23,24)3/h4,6,21-22,24-25H,5,7-18H2,1-3H3/t21-,22-,24-,25-,27-,28+/m0/s1. The van der Waals surface area contributed by atoms with Crippen LogP contribution in [-0.4, -0.2) is 55.6 Å². The van der Waals surface area contributed by atoms with Crippen LogP contribution in [0.3, 0.4) is 0 Å². The molecule has 4 aliphatic carbocycles. The maximum Gasteiger partial charge on any atom is 0.307 e. The van der Waals surface area contributed by atoms with Crippen LogP contribution in [0.5, 0.6) is 0 Å². The lowest BCUT2D eigenvalue weighted by Gasteiger charge is -2.57. The summed E-state index contributed by atoms with van der Waals surface area (Å²) in [5.74, 6) is 2.17. The third kappa shape index (κ3) is 4.14. The molecule has 0 radical (unpaired) electrons. The van der Waals surface area contributed by atoms with Crippen molar-refractivity contribution in [1.29, 1.82) is 0 Å². The molecule has 1 saturated heterocycles. The zero-order chi connectivity index (χ0) is 23.2. The van der Waals surface area contributed by atoms with Gasteiger partial charge < -0.3 is 9.47 Å². The average Bonchev–Trinajstić information content (AvgIpc) is 3.16. The van der Waals surface area contributed by atoms with Crippen molar-refractivity contribution >= 4 is 11.8 Å². The molecule has 2 saturated carbocycles. The summed E-state index contributed by atoms with van der Waals surface area (Å²) in [6.45, 7) is 10.7. The second-order valence-corrected chi connectivity index (χ2v) is 11.7. The molecular formula is C28H41NO4. The lowest BCUT2D eigenvalue weighted by atomic mass is 9.47. The van der Waals surface area contributed by atoms with Gasteiger partial charge in [0.25, 0.3) is 0 Å². The van der Waals surface area contributed by atoms with Crippen LogP contribution in [0.25, 0.3) is 0 Å². The molecule has 0 unspecified atom stereocenters. The number of morpholine rings is 1.